The molecular formula is C22H29FN2O3. The Hall–Kier alpha value is -2.24. The number of amides is 3. The molecule has 0 aromatic heterocycles. The molecule has 3 unspecified atom stereocenters. The number of likely N-dealkylation sites (tertiary alicyclic amines) is 1. The predicted octanol–water partition coefficient (Wildman–Crippen LogP) is 3.07. The number of hydrogen-bond acceptors (Lipinski definition) is 3. The van der Waals surface area contributed by atoms with Crippen molar-refractivity contribution in [3.63, 3.8) is 0 Å². The molecule has 1 aromatic carbocycles. The van der Waals surface area contributed by atoms with E-state index in [0.29, 0.717) is 25.7 Å². The van der Waals surface area contributed by atoms with Gasteiger partial charge in [0.15, 0.2) is 0 Å². The lowest BCUT2D eigenvalue weighted by atomic mass is 9.62. The summed E-state index contributed by atoms with van der Waals surface area (Å²) in [5.74, 6) is -1.26. The quantitative estimate of drug-likeness (QED) is 0.762. The summed E-state index contributed by atoms with van der Waals surface area (Å²) in [6.45, 7) is 7.54. The maximum Gasteiger partial charge on any atom is 0.240 e. The van der Waals surface area contributed by atoms with Crippen molar-refractivity contribution in [2.75, 3.05) is 6.54 Å². The third-order valence-corrected chi connectivity index (χ3v) is 7.00. The number of nitrogens with one attached hydrogen (secondary N) is 1. The first kappa shape index (κ1) is 20.5. The van der Waals surface area contributed by atoms with Crippen LogP contribution in [0.5, 0.6) is 0 Å². The molecule has 2 aliphatic rings. The number of carbonyl (C=O) groups is 3. The molecule has 3 rings (SSSR count). The van der Waals surface area contributed by atoms with Crippen LogP contribution < -0.4 is 5.32 Å². The van der Waals surface area contributed by atoms with Crippen molar-refractivity contribution in [1.82, 2.24) is 10.2 Å². The van der Waals surface area contributed by atoms with Gasteiger partial charge in [-0.3, -0.25) is 19.3 Å². The number of hydrogen-bond donors (Lipinski definition) is 1. The van der Waals surface area contributed by atoms with Gasteiger partial charge >= 0.3 is 0 Å². The Morgan fingerprint density at radius 1 is 1.25 bits per heavy atom. The maximum absolute atomic E-state index is 13.0. The van der Waals surface area contributed by atoms with Crippen LogP contribution in [-0.2, 0) is 20.8 Å². The molecule has 0 spiro atoms. The van der Waals surface area contributed by atoms with E-state index in [0.717, 1.165) is 10.5 Å². The van der Waals surface area contributed by atoms with Crippen LogP contribution in [0, 0.1) is 22.6 Å². The number of fused-ring (bicyclic) bond motifs is 2. The third-order valence-electron chi connectivity index (χ3n) is 7.00. The number of aryl methyl sites for hydroxylation is 1. The van der Waals surface area contributed by atoms with E-state index in [4.69, 9.17) is 0 Å². The van der Waals surface area contributed by atoms with Gasteiger partial charge in [-0.2, -0.15) is 0 Å². The van der Waals surface area contributed by atoms with E-state index in [-0.39, 0.29) is 47.5 Å². The third kappa shape index (κ3) is 3.45. The molecule has 5 nitrogen and oxygen atoms in total. The monoisotopic (exact) mass is 388 g/mol. The molecule has 1 aliphatic heterocycles. The summed E-state index contributed by atoms with van der Waals surface area (Å²) in [5.41, 5.74) is 0.0204. The van der Waals surface area contributed by atoms with Crippen molar-refractivity contribution in [1.29, 1.82) is 0 Å². The highest BCUT2D eigenvalue weighted by Gasteiger charge is 2.64. The summed E-state index contributed by atoms with van der Waals surface area (Å²) in [4.78, 5) is 39.4. The van der Waals surface area contributed by atoms with Crippen LogP contribution in [0.1, 0.15) is 52.5 Å². The summed E-state index contributed by atoms with van der Waals surface area (Å²) in [6.07, 6.45) is 2.77. The molecule has 1 saturated heterocycles. The largest absolute Gasteiger partial charge is 0.352 e. The Bertz CT molecular complexity index is 789. The van der Waals surface area contributed by atoms with Gasteiger partial charge in [-0.1, -0.05) is 32.9 Å². The van der Waals surface area contributed by atoms with E-state index in [1.165, 1.54) is 12.1 Å². The molecule has 1 saturated carbocycles. The zero-order valence-electron chi connectivity index (χ0n) is 17.0. The predicted molar refractivity (Wildman–Crippen MR) is 104 cm³/mol. The summed E-state index contributed by atoms with van der Waals surface area (Å²) in [5, 5.41) is 2.87. The second-order valence-electron chi connectivity index (χ2n) is 9.01. The molecule has 2 bridgehead atoms. The molecule has 2 fully saturated rings. The van der Waals surface area contributed by atoms with Crippen LogP contribution in [-0.4, -0.2) is 35.2 Å². The van der Waals surface area contributed by atoms with Gasteiger partial charge in [-0.15, -0.1) is 0 Å². The fraction of sp³-hybridized carbons (Fsp3) is 0.591. The zero-order valence-corrected chi connectivity index (χ0v) is 17.0. The molecular weight excluding hydrogens is 359 g/mol. The Kier molecular flexibility index (Phi) is 5.34. The zero-order chi connectivity index (χ0) is 20.7. The number of nitrogens with zero attached hydrogens (tertiary/aromatic N) is 1. The lowest BCUT2D eigenvalue weighted by molar-refractivity contribution is -0.169. The number of benzene rings is 1. The minimum absolute atomic E-state index is 0.115. The van der Waals surface area contributed by atoms with Crippen LogP contribution in [0.3, 0.4) is 0 Å². The SMILES string of the molecule is CC(CCc1ccc(F)cc1)NC(=O)CN1C(=O)C2CCC(C)(C1=O)C2(C)C. The standard InChI is InChI=1S/C22H29FN2O3/c1-14(5-6-15-7-9-16(23)10-8-15)24-18(26)13-25-19(27)17-11-12-22(4,20(25)28)21(17,2)3/h7-10,14,17H,5-6,11-13H2,1-4H3,(H,24,26). The molecule has 28 heavy (non-hydrogen) atoms. The van der Waals surface area contributed by atoms with Crippen molar-refractivity contribution in [3.8, 4) is 0 Å². The molecule has 3 amide bonds. The molecule has 3 atom stereocenters. The van der Waals surface area contributed by atoms with Gasteiger partial charge in [0.1, 0.15) is 12.4 Å². The van der Waals surface area contributed by atoms with Gasteiger partial charge in [0.2, 0.25) is 17.7 Å². The van der Waals surface area contributed by atoms with Crippen molar-refractivity contribution in [2.24, 2.45) is 16.7 Å². The van der Waals surface area contributed by atoms with Crippen molar-refractivity contribution in [3.05, 3.63) is 35.6 Å². The van der Waals surface area contributed by atoms with Crippen LogP contribution in [0.4, 0.5) is 4.39 Å². The van der Waals surface area contributed by atoms with E-state index in [1.807, 2.05) is 27.7 Å². The normalized spacial score (nSPS) is 27.0. The summed E-state index contributed by atoms with van der Waals surface area (Å²) < 4.78 is 13.0. The average Bonchev–Trinajstić information content (AvgIpc) is 2.82. The highest BCUT2D eigenvalue weighted by molar-refractivity contribution is 6.06. The van der Waals surface area contributed by atoms with Gasteiger partial charge in [-0.25, -0.2) is 4.39 Å². The molecule has 1 aliphatic carbocycles. The topological polar surface area (TPSA) is 66.5 Å². The molecule has 1 aromatic rings. The Balaban J connectivity index is 1.56. The van der Waals surface area contributed by atoms with Crippen LogP contribution >= 0.6 is 0 Å². The van der Waals surface area contributed by atoms with E-state index in [1.54, 1.807) is 12.1 Å². The van der Waals surface area contributed by atoms with Crippen LogP contribution in [0.15, 0.2) is 24.3 Å². The highest BCUT2D eigenvalue weighted by atomic mass is 19.1. The minimum atomic E-state index is -0.597. The Morgan fingerprint density at radius 3 is 2.54 bits per heavy atom. The lowest BCUT2D eigenvalue weighted by Gasteiger charge is -2.47. The number of piperidine rings is 1. The summed E-state index contributed by atoms with van der Waals surface area (Å²) >= 11 is 0. The highest BCUT2D eigenvalue weighted by Crippen LogP contribution is 2.59. The summed E-state index contributed by atoms with van der Waals surface area (Å²) in [6, 6.07) is 6.18. The smallest absolute Gasteiger partial charge is 0.240 e. The lowest BCUT2D eigenvalue weighted by Crippen LogP contribution is -2.60. The van der Waals surface area contributed by atoms with Crippen molar-refractivity contribution < 1.29 is 18.8 Å². The Labute approximate surface area is 165 Å². The first-order valence-electron chi connectivity index (χ1n) is 9.96. The minimum Gasteiger partial charge on any atom is -0.352 e. The number of halogens is 1. The average molecular weight is 388 g/mol. The van der Waals surface area contributed by atoms with Gasteiger partial charge < -0.3 is 5.32 Å². The van der Waals surface area contributed by atoms with Gasteiger partial charge in [-0.05, 0) is 55.7 Å². The molecule has 1 N–H and O–H groups in total. The van der Waals surface area contributed by atoms with E-state index in [9.17, 15) is 18.8 Å². The number of imide groups is 1. The fourth-order valence-electron chi connectivity index (χ4n) is 4.62. The first-order valence-corrected chi connectivity index (χ1v) is 9.96. The first-order chi connectivity index (χ1) is 13.1. The van der Waals surface area contributed by atoms with Gasteiger partial charge in [0, 0.05) is 12.0 Å². The molecule has 0 radical (unpaired) electrons. The molecule has 152 valence electrons. The summed E-state index contributed by atoms with van der Waals surface area (Å²) in [7, 11) is 0. The maximum atomic E-state index is 13.0. The number of rotatable bonds is 6. The van der Waals surface area contributed by atoms with Crippen molar-refractivity contribution >= 4 is 17.7 Å². The molecule has 1 heterocycles. The second-order valence-corrected chi connectivity index (χ2v) is 9.01. The fourth-order valence-corrected chi connectivity index (χ4v) is 4.62. The van der Waals surface area contributed by atoms with Gasteiger partial charge in [0.05, 0.1) is 5.41 Å². The molecule has 6 heteroatoms. The second kappa shape index (κ2) is 7.30. The van der Waals surface area contributed by atoms with E-state index >= 15 is 0 Å². The number of carbonyl (C=O) groups excluding carboxylic acids is 3. The van der Waals surface area contributed by atoms with E-state index in [2.05, 4.69) is 5.32 Å². The Morgan fingerprint density at radius 2 is 1.89 bits per heavy atom. The van der Waals surface area contributed by atoms with Crippen LogP contribution in [0.25, 0.3) is 0 Å². The van der Waals surface area contributed by atoms with Gasteiger partial charge in [0.25, 0.3) is 0 Å². The van der Waals surface area contributed by atoms with Crippen molar-refractivity contribution in [2.45, 2.75) is 59.4 Å². The van der Waals surface area contributed by atoms with Crippen LogP contribution in [0.2, 0.25) is 0 Å². The van der Waals surface area contributed by atoms with E-state index < -0.39 is 5.41 Å².